The van der Waals surface area contributed by atoms with Gasteiger partial charge in [-0.15, -0.1) is 0 Å². The smallest absolute Gasteiger partial charge is 0.0672 e. The molecule has 4 heteroatoms. The van der Waals surface area contributed by atoms with Crippen LogP contribution in [-0.2, 0) is 10.8 Å². The zero-order chi connectivity index (χ0) is 10.4. The van der Waals surface area contributed by atoms with Gasteiger partial charge in [0, 0.05) is 28.9 Å². The first kappa shape index (κ1) is 11.7. The van der Waals surface area contributed by atoms with Gasteiger partial charge in [0.2, 0.25) is 0 Å². The zero-order valence-electron chi connectivity index (χ0n) is 8.66. The van der Waals surface area contributed by atoms with Crippen molar-refractivity contribution in [1.29, 1.82) is 5.26 Å². The SMILES string of the molecule is CS(=O)CCCNC1CCCC1C#N. The maximum Gasteiger partial charge on any atom is 0.0672 e. The standard InChI is InChI=1S/C10H18N2OS/c1-14(13)7-3-6-12-10-5-2-4-9(10)8-11/h9-10,12H,2-7H2,1H3. The molecule has 0 aromatic carbocycles. The van der Waals surface area contributed by atoms with E-state index in [-0.39, 0.29) is 5.92 Å². The van der Waals surface area contributed by atoms with Crippen LogP contribution in [0, 0.1) is 17.2 Å². The van der Waals surface area contributed by atoms with Gasteiger partial charge in [0.15, 0.2) is 0 Å². The van der Waals surface area contributed by atoms with E-state index in [2.05, 4.69) is 11.4 Å². The highest BCUT2D eigenvalue weighted by atomic mass is 32.2. The Kier molecular flexibility index (Phi) is 5.13. The lowest BCUT2D eigenvalue weighted by molar-refractivity contribution is 0.466. The zero-order valence-corrected chi connectivity index (χ0v) is 9.48. The monoisotopic (exact) mass is 214 g/mol. The predicted octanol–water partition coefficient (Wildman–Crippen LogP) is 1.04. The fraction of sp³-hybridized carbons (Fsp3) is 0.900. The van der Waals surface area contributed by atoms with Crippen LogP contribution in [0.3, 0.4) is 0 Å². The van der Waals surface area contributed by atoms with Crippen molar-refractivity contribution in [2.45, 2.75) is 31.7 Å². The van der Waals surface area contributed by atoms with Crippen LogP contribution in [0.2, 0.25) is 0 Å². The first-order valence-corrected chi connectivity index (χ1v) is 6.90. The summed E-state index contributed by atoms with van der Waals surface area (Å²) in [6.07, 6.45) is 5.99. The van der Waals surface area contributed by atoms with Crippen molar-refractivity contribution in [2.75, 3.05) is 18.6 Å². The summed E-state index contributed by atoms with van der Waals surface area (Å²) in [5.74, 6) is 0.957. The maximum atomic E-state index is 10.8. The molecule has 0 aromatic heterocycles. The van der Waals surface area contributed by atoms with E-state index in [0.717, 1.165) is 38.0 Å². The maximum absolute atomic E-state index is 10.8. The second kappa shape index (κ2) is 6.15. The van der Waals surface area contributed by atoms with Crippen molar-refractivity contribution in [1.82, 2.24) is 5.32 Å². The second-order valence-electron chi connectivity index (χ2n) is 3.86. The highest BCUT2D eigenvalue weighted by Gasteiger charge is 2.25. The van der Waals surface area contributed by atoms with Gasteiger partial charge >= 0.3 is 0 Å². The van der Waals surface area contributed by atoms with E-state index in [1.807, 2.05) is 0 Å². The van der Waals surface area contributed by atoms with Crippen LogP contribution in [0.1, 0.15) is 25.7 Å². The Labute approximate surface area is 88.3 Å². The van der Waals surface area contributed by atoms with Gasteiger partial charge < -0.3 is 5.32 Å². The van der Waals surface area contributed by atoms with Gasteiger partial charge in [-0.05, 0) is 25.8 Å². The molecular formula is C10H18N2OS. The molecule has 1 fully saturated rings. The van der Waals surface area contributed by atoms with Crippen molar-refractivity contribution in [2.24, 2.45) is 5.92 Å². The van der Waals surface area contributed by atoms with Gasteiger partial charge in [-0.1, -0.05) is 6.42 Å². The minimum atomic E-state index is -0.684. The molecule has 1 aliphatic rings. The van der Waals surface area contributed by atoms with Gasteiger partial charge in [-0.25, -0.2) is 0 Å². The molecule has 1 rings (SSSR count). The van der Waals surface area contributed by atoms with E-state index in [0.29, 0.717) is 6.04 Å². The lowest BCUT2D eigenvalue weighted by atomic mass is 10.1. The molecular weight excluding hydrogens is 196 g/mol. The van der Waals surface area contributed by atoms with Crippen LogP contribution in [0.25, 0.3) is 0 Å². The number of rotatable bonds is 5. The van der Waals surface area contributed by atoms with Gasteiger partial charge in [0.05, 0.1) is 12.0 Å². The van der Waals surface area contributed by atoms with E-state index in [4.69, 9.17) is 5.26 Å². The van der Waals surface area contributed by atoms with Crippen LogP contribution in [-0.4, -0.2) is 28.8 Å². The normalized spacial score (nSPS) is 28.6. The third kappa shape index (κ3) is 3.77. The molecule has 14 heavy (non-hydrogen) atoms. The molecule has 0 spiro atoms. The molecule has 3 nitrogen and oxygen atoms in total. The number of hydrogen-bond donors (Lipinski definition) is 1. The topological polar surface area (TPSA) is 52.9 Å². The summed E-state index contributed by atoms with van der Waals surface area (Å²) in [5, 5.41) is 12.2. The first-order chi connectivity index (χ1) is 6.74. The highest BCUT2D eigenvalue weighted by Crippen LogP contribution is 2.24. The Morgan fingerprint density at radius 3 is 3.00 bits per heavy atom. The second-order valence-corrected chi connectivity index (χ2v) is 5.41. The molecule has 0 heterocycles. The quantitative estimate of drug-likeness (QED) is 0.696. The van der Waals surface area contributed by atoms with Crippen molar-refractivity contribution < 1.29 is 4.21 Å². The van der Waals surface area contributed by atoms with Crippen molar-refractivity contribution >= 4 is 10.8 Å². The summed E-state index contributed by atoms with van der Waals surface area (Å²) in [4.78, 5) is 0. The Morgan fingerprint density at radius 2 is 2.36 bits per heavy atom. The van der Waals surface area contributed by atoms with Crippen LogP contribution >= 0.6 is 0 Å². The summed E-state index contributed by atoms with van der Waals surface area (Å²) >= 11 is 0. The molecule has 0 aromatic rings. The van der Waals surface area contributed by atoms with Crippen LogP contribution in [0.15, 0.2) is 0 Å². The molecule has 80 valence electrons. The summed E-state index contributed by atoms with van der Waals surface area (Å²) < 4.78 is 10.8. The molecule has 1 saturated carbocycles. The Hall–Kier alpha value is -0.400. The summed E-state index contributed by atoms with van der Waals surface area (Å²) in [5.41, 5.74) is 0. The lowest BCUT2D eigenvalue weighted by Crippen LogP contribution is -2.32. The fourth-order valence-corrected chi connectivity index (χ4v) is 2.47. The lowest BCUT2D eigenvalue weighted by Gasteiger charge is -2.14. The van der Waals surface area contributed by atoms with Crippen LogP contribution < -0.4 is 5.32 Å². The van der Waals surface area contributed by atoms with Crippen LogP contribution in [0.5, 0.6) is 0 Å². The summed E-state index contributed by atoms with van der Waals surface area (Å²) in [6.45, 7) is 0.891. The average molecular weight is 214 g/mol. The van der Waals surface area contributed by atoms with E-state index < -0.39 is 10.8 Å². The van der Waals surface area contributed by atoms with Gasteiger partial charge in [0.25, 0.3) is 0 Å². The number of nitrogens with zero attached hydrogens (tertiary/aromatic N) is 1. The van der Waals surface area contributed by atoms with Gasteiger partial charge in [-0.3, -0.25) is 4.21 Å². The minimum Gasteiger partial charge on any atom is -0.313 e. The fourth-order valence-electron chi connectivity index (χ4n) is 1.92. The number of nitriles is 1. The van der Waals surface area contributed by atoms with E-state index in [1.165, 1.54) is 0 Å². The Balaban J connectivity index is 2.12. The Bertz CT molecular complexity index is 237. The van der Waals surface area contributed by atoms with Crippen molar-refractivity contribution in [3.8, 4) is 6.07 Å². The van der Waals surface area contributed by atoms with E-state index in [9.17, 15) is 4.21 Å². The molecule has 1 N–H and O–H groups in total. The summed E-state index contributed by atoms with van der Waals surface area (Å²) in [7, 11) is -0.684. The third-order valence-electron chi connectivity index (χ3n) is 2.70. The molecule has 0 radical (unpaired) electrons. The van der Waals surface area contributed by atoms with E-state index >= 15 is 0 Å². The molecule has 0 amide bonds. The molecule has 0 bridgehead atoms. The Morgan fingerprint density at radius 1 is 1.57 bits per heavy atom. The highest BCUT2D eigenvalue weighted by molar-refractivity contribution is 7.84. The van der Waals surface area contributed by atoms with Crippen LogP contribution in [0.4, 0.5) is 0 Å². The molecule has 3 unspecified atom stereocenters. The largest absolute Gasteiger partial charge is 0.313 e. The molecule has 0 saturated heterocycles. The van der Waals surface area contributed by atoms with E-state index in [1.54, 1.807) is 6.26 Å². The predicted molar refractivity (Wildman–Crippen MR) is 58.3 cm³/mol. The third-order valence-corrected chi connectivity index (χ3v) is 3.56. The van der Waals surface area contributed by atoms with Gasteiger partial charge in [0.1, 0.15) is 0 Å². The minimum absolute atomic E-state index is 0.196. The number of hydrogen-bond acceptors (Lipinski definition) is 3. The first-order valence-electron chi connectivity index (χ1n) is 5.17. The number of nitrogens with one attached hydrogen (secondary N) is 1. The van der Waals surface area contributed by atoms with Crippen molar-refractivity contribution in [3.63, 3.8) is 0 Å². The van der Waals surface area contributed by atoms with Gasteiger partial charge in [-0.2, -0.15) is 5.26 Å². The average Bonchev–Trinajstić information content (AvgIpc) is 2.59. The molecule has 1 aliphatic carbocycles. The summed E-state index contributed by atoms with van der Waals surface area (Å²) in [6, 6.07) is 2.72. The van der Waals surface area contributed by atoms with Crippen molar-refractivity contribution in [3.05, 3.63) is 0 Å². The molecule has 0 aliphatic heterocycles. The molecule has 3 atom stereocenters.